The number of benzene rings is 1. The second-order valence-electron chi connectivity index (χ2n) is 8.80. The highest BCUT2D eigenvalue weighted by molar-refractivity contribution is 7.91. The van der Waals surface area contributed by atoms with E-state index in [1.165, 1.54) is 11.3 Å². The molecule has 1 aliphatic rings. The summed E-state index contributed by atoms with van der Waals surface area (Å²) in [7, 11) is -3.71. The van der Waals surface area contributed by atoms with Gasteiger partial charge in [-0.2, -0.15) is 4.40 Å². The number of nitrogens with two attached hydrogens (primary N) is 1. The van der Waals surface area contributed by atoms with Crippen LogP contribution in [-0.4, -0.2) is 38.9 Å². The van der Waals surface area contributed by atoms with E-state index in [0.717, 1.165) is 32.9 Å². The molecule has 6 rings (SSSR count). The van der Waals surface area contributed by atoms with Crippen molar-refractivity contribution in [1.29, 1.82) is 0 Å². The average Bonchev–Trinajstić information content (AvgIpc) is 3.53. The van der Waals surface area contributed by atoms with E-state index in [-0.39, 0.29) is 22.2 Å². The number of anilines is 1. The lowest BCUT2D eigenvalue weighted by atomic mass is 10.1. The molecule has 11 heteroatoms. The Kier molecular flexibility index (Phi) is 5.82. The topological polar surface area (TPSA) is 116 Å². The van der Waals surface area contributed by atoms with Gasteiger partial charge in [0.05, 0.1) is 26.5 Å². The second kappa shape index (κ2) is 9.05. The average molecular weight is 549 g/mol. The third-order valence-electron chi connectivity index (χ3n) is 6.16. The Bertz CT molecular complexity index is 1800. The van der Waals surface area contributed by atoms with Crippen molar-refractivity contribution in [3.8, 4) is 16.9 Å². The minimum absolute atomic E-state index is 0.201. The van der Waals surface area contributed by atoms with Crippen molar-refractivity contribution >= 4 is 54.6 Å². The Balaban J connectivity index is 1.52. The van der Waals surface area contributed by atoms with Crippen LogP contribution in [0.3, 0.4) is 0 Å². The van der Waals surface area contributed by atoms with E-state index in [0.29, 0.717) is 17.7 Å². The normalized spacial score (nSPS) is 14.4. The molecule has 1 fully saturated rings. The summed E-state index contributed by atoms with van der Waals surface area (Å²) in [6.45, 7) is 1.94. The lowest BCUT2D eigenvalue weighted by Gasteiger charge is -2.08. The van der Waals surface area contributed by atoms with E-state index < -0.39 is 15.3 Å². The smallest absolute Gasteiger partial charge is 0.256 e. The molecule has 1 saturated carbocycles. The van der Waals surface area contributed by atoms with Gasteiger partial charge in [-0.15, -0.1) is 11.3 Å². The largest absolute Gasteiger partial charge is 0.384 e. The maximum absolute atomic E-state index is 12.9. The molecule has 4 aromatic heterocycles. The summed E-state index contributed by atoms with van der Waals surface area (Å²) in [5.74, 6) is 1.10. The second-order valence-corrected chi connectivity index (χ2v) is 12.1. The van der Waals surface area contributed by atoms with E-state index in [1.54, 1.807) is 24.5 Å². The standard InChI is InChI=1S/C26H21ClN6O2S2/c1-15-29-11-12-33(15)17-9-10-30-21(14-17)19-4-2-3-16-13-22(36-26(16)19)25(32-37(34,35)18-5-6-18)24-20(27)7-8-23(28)31-24/h2-4,7-14,18H,5-6H2,1H3,(H2,28,31)/b32-25-. The lowest BCUT2D eigenvalue weighted by Crippen LogP contribution is -2.12. The van der Waals surface area contributed by atoms with Crippen LogP contribution in [0.5, 0.6) is 0 Å². The number of thiophene rings is 1. The summed E-state index contributed by atoms with van der Waals surface area (Å²) in [6, 6.07) is 14.9. The molecule has 2 N–H and O–H groups in total. The summed E-state index contributed by atoms with van der Waals surface area (Å²) >= 11 is 7.88. The van der Waals surface area contributed by atoms with Crippen molar-refractivity contribution < 1.29 is 8.42 Å². The number of halogens is 1. The number of nitrogens with zero attached hydrogens (tertiary/aromatic N) is 5. The number of imidazole rings is 1. The quantitative estimate of drug-likeness (QED) is 0.283. The molecule has 5 aromatic rings. The summed E-state index contributed by atoms with van der Waals surface area (Å²) < 4.78 is 33.0. The first-order valence-electron chi connectivity index (χ1n) is 11.6. The highest BCUT2D eigenvalue weighted by atomic mass is 35.5. The molecule has 0 bridgehead atoms. The van der Waals surface area contributed by atoms with Gasteiger partial charge in [-0.1, -0.05) is 29.8 Å². The van der Waals surface area contributed by atoms with Crippen molar-refractivity contribution in [2.75, 3.05) is 5.73 Å². The number of nitrogen functional groups attached to an aromatic ring is 1. The van der Waals surface area contributed by atoms with E-state index in [1.807, 2.05) is 54.1 Å². The molecule has 8 nitrogen and oxygen atoms in total. The van der Waals surface area contributed by atoms with Crippen LogP contribution in [0, 0.1) is 6.92 Å². The number of aryl methyl sites for hydroxylation is 1. The monoisotopic (exact) mass is 548 g/mol. The fourth-order valence-corrected chi connectivity index (χ4v) is 6.89. The molecule has 1 aromatic carbocycles. The van der Waals surface area contributed by atoms with Crippen molar-refractivity contribution in [3.63, 3.8) is 0 Å². The van der Waals surface area contributed by atoms with E-state index in [9.17, 15) is 8.42 Å². The van der Waals surface area contributed by atoms with Gasteiger partial charge in [-0.25, -0.2) is 18.4 Å². The van der Waals surface area contributed by atoms with Crippen LogP contribution in [0.25, 0.3) is 27.0 Å². The molecular formula is C26H21ClN6O2S2. The third kappa shape index (κ3) is 4.52. The Morgan fingerprint density at radius 2 is 1.97 bits per heavy atom. The molecule has 0 atom stereocenters. The Hall–Kier alpha value is -3.60. The van der Waals surface area contributed by atoms with Crippen LogP contribution in [0.15, 0.2) is 71.5 Å². The van der Waals surface area contributed by atoms with Gasteiger partial charge in [-0.3, -0.25) is 4.98 Å². The number of fused-ring (bicyclic) bond motifs is 1. The first-order chi connectivity index (χ1) is 17.8. The van der Waals surface area contributed by atoms with Crippen LogP contribution in [0.4, 0.5) is 5.82 Å². The SMILES string of the molecule is Cc1nccn1-c1ccnc(-c2cccc3cc(/C(=N/S(=O)(=O)C4CC4)c4nc(N)ccc4Cl)sc23)c1. The Morgan fingerprint density at radius 1 is 1.14 bits per heavy atom. The number of pyridine rings is 2. The summed E-state index contributed by atoms with van der Waals surface area (Å²) in [5.41, 5.74) is 9.03. The van der Waals surface area contributed by atoms with Gasteiger partial charge in [0.25, 0.3) is 10.0 Å². The van der Waals surface area contributed by atoms with E-state index in [4.69, 9.17) is 17.3 Å². The van der Waals surface area contributed by atoms with Gasteiger partial charge in [0.1, 0.15) is 23.0 Å². The maximum Gasteiger partial charge on any atom is 0.256 e. The molecule has 0 spiro atoms. The van der Waals surface area contributed by atoms with Gasteiger partial charge in [0.2, 0.25) is 0 Å². The van der Waals surface area contributed by atoms with Crippen molar-refractivity contribution in [3.05, 3.63) is 88.5 Å². The molecule has 4 heterocycles. The zero-order valence-corrected chi connectivity index (χ0v) is 22.1. The predicted molar refractivity (Wildman–Crippen MR) is 148 cm³/mol. The first kappa shape index (κ1) is 23.8. The van der Waals surface area contributed by atoms with E-state index >= 15 is 0 Å². The van der Waals surface area contributed by atoms with Crippen LogP contribution in [-0.2, 0) is 10.0 Å². The summed E-state index contributed by atoms with van der Waals surface area (Å²) in [5, 5.41) is 0.743. The maximum atomic E-state index is 12.9. The Morgan fingerprint density at radius 3 is 2.73 bits per heavy atom. The van der Waals surface area contributed by atoms with Gasteiger partial charge in [-0.05, 0) is 55.5 Å². The molecule has 37 heavy (non-hydrogen) atoms. The predicted octanol–water partition coefficient (Wildman–Crippen LogP) is 5.42. The zero-order chi connectivity index (χ0) is 25.7. The minimum atomic E-state index is -3.71. The van der Waals surface area contributed by atoms with E-state index in [2.05, 4.69) is 19.3 Å². The highest BCUT2D eigenvalue weighted by Gasteiger charge is 2.36. The van der Waals surface area contributed by atoms with Crippen LogP contribution in [0.1, 0.15) is 29.2 Å². The fourth-order valence-electron chi connectivity index (χ4n) is 4.14. The highest BCUT2D eigenvalue weighted by Crippen LogP contribution is 2.37. The van der Waals surface area contributed by atoms with Crippen LogP contribution >= 0.6 is 22.9 Å². The minimum Gasteiger partial charge on any atom is -0.384 e. The van der Waals surface area contributed by atoms with Crippen molar-refractivity contribution in [2.45, 2.75) is 25.0 Å². The fraction of sp³-hybridized carbons (Fsp3) is 0.154. The molecule has 0 amide bonds. The van der Waals surface area contributed by atoms with Crippen LogP contribution in [0.2, 0.25) is 5.02 Å². The summed E-state index contributed by atoms with van der Waals surface area (Å²) in [4.78, 5) is 13.9. The van der Waals surface area contributed by atoms with Crippen LogP contribution < -0.4 is 5.73 Å². The summed E-state index contributed by atoms with van der Waals surface area (Å²) in [6.07, 6.45) is 6.64. The molecule has 0 aliphatic heterocycles. The molecule has 0 saturated heterocycles. The van der Waals surface area contributed by atoms with Gasteiger partial charge >= 0.3 is 0 Å². The molecule has 0 unspecified atom stereocenters. The zero-order valence-electron chi connectivity index (χ0n) is 19.7. The van der Waals surface area contributed by atoms with Crippen molar-refractivity contribution in [2.24, 2.45) is 4.40 Å². The van der Waals surface area contributed by atoms with Gasteiger partial charge < -0.3 is 10.3 Å². The van der Waals surface area contributed by atoms with Gasteiger partial charge in [0, 0.05) is 28.9 Å². The number of rotatable bonds is 6. The first-order valence-corrected chi connectivity index (χ1v) is 14.3. The van der Waals surface area contributed by atoms with Crippen molar-refractivity contribution in [1.82, 2.24) is 19.5 Å². The number of aromatic nitrogens is 4. The molecule has 1 aliphatic carbocycles. The lowest BCUT2D eigenvalue weighted by molar-refractivity contribution is 0.597. The number of sulfonamides is 1. The third-order valence-corrected chi connectivity index (χ3v) is 9.40. The Labute approximate surface area is 222 Å². The number of hydrogen-bond donors (Lipinski definition) is 1. The molecular weight excluding hydrogens is 528 g/mol. The van der Waals surface area contributed by atoms with Gasteiger partial charge in [0.15, 0.2) is 0 Å². The molecule has 186 valence electrons. The number of hydrogen-bond acceptors (Lipinski definition) is 7. The molecule has 0 radical (unpaired) electrons.